The Morgan fingerprint density at radius 1 is 1.27 bits per heavy atom. The molecule has 0 saturated carbocycles. The van der Waals surface area contributed by atoms with E-state index in [1.54, 1.807) is 36.4 Å². The Morgan fingerprint density at radius 3 is 2.73 bits per heavy atom. The number of anilines is 2. The molecular formula is C17H13Cl2N5O2. The van der Waals surface area contributed by atoms with Gasteiger partial charge in [-0.2, -0.15) is 5.10 Å². The van der Waals surface area contributed by atoms with Crippen molar-refractivity contribution < 1.29 is 9.90 Å². The minimum Gasteiger partial charge on any atom is -0.507 e. The number of nitrogens with two attached hydrogens (primary N) is 1. The first-order valence-electron chi connectivity index (χ1n) is 7.38. The molecule has 1 amide bonds. The summed E-state index contributed by atoms with van der Waals surface area (Å²) in [6.45, 7) is 0. The molecule has 7 nitrogen and oxygen atoms in total. The number of nitrogens with one attached hydrogen (secondary N) is 2. The molecule has 3 rings (SSSR count). The van der Waals surface area contributed by atoms with E-state index >= 15 is 0 Å². The normalized spacial score (nSPS) is 11.0. The van der Waals surface area contributed by atoms with E-state index in [-0.39, 0.29) is 22.9 Å². The molecule has 0 aliphatic heterocycles. The van der Waals surface area contributed by atoms with Crippen LogP contribution in [0.15, 0.2) is 47.5 Å². The molecule has 1 heterocycles. The Bertz CT molecular complexity index is 980. The molecular weight excluding hydrogens is 377 g/mol. The molecule has 3 aromatic rings. The van der Waals surface area contributed by atoms with Gasteiger partial charge in [0.2, 0.25) is 0 Å². The number of rotatable bonds is 5. The third-order valence-corrected chi connectivity index (χ3v) is 4.00. The SMILES string of the molecule is NC(=O)c1c(Nc2cccc(Cl)c2)n[nH]c1/N=C/c1c(O)cccc1Cl. The number of hydrogen-bond acceptors (Lipinski definition) is 5. The quantitative estimate of drug-likeness (QED) is 0.493. The van der Waals surface area contributed by atoms with E-state index in [0.29, 0.717) is 21.3 Å². The van der Waals surface area contributed by atoms with Gasteiger partial charge in [-0.25, -0.2) is 4.99 Å². The molecule has 132 valence electrons. The molecule has 0 atom stereocenters. The van der Waals surface area contributed by atoms with Crippen LogP contribution in [0.25, 0.3) is 0 Å². The largest absolute Gasteiger partial charge is 0.507 e. The maximum Gasteiger partial charge on any atom is 0.256 e. The zero-order valence-electron chi connectivity index (χ0n) is 13.2. The number of phenolic OH excluding ortho intramolecular Hbond substituents is 1. The van der Waals surface area contributed by atoms with Crippen LogP contribution in [0, 0.1) is 0 Å². The number of aromatic nitrogens is 2. The average Bonchev–Trinajstić information content (AvgIpc) is 2.97. The van der Waals surface area contributed by atoms with Crippen molar-refractivity contribution in [3.63, 3.8) is 0 Å². The zero-order valence-corrected chi connectivity index (χ0v) is 14.7. The van der Waals surface area contributed by atoms with Crippen LogP contribution in [-0.4, -0.2) is 27.4 Å². The van der Waals surface area contributed by atoms with Crippen molar-refractivity contribution in [2.75, 3.05) is 5.32 Å². The first-order chi connectivity index (χ1) is 12.5. The maximum atomic E-state index is 11.9. The summed E-state index contributed by atoms with van der Waals surface area (Å²) >= 11 is 12.0. The van der Waals surface area contributed by atoms with Crippen molar-refractivity contribution in [3.05, 3.63) is 63.6 Å². The molecule has 2 aromatic carbocycles. The van der Waals surface area contributed by atoms with Crippen LogP contribution >= 0.6 is 23.2 Å². The van der Waals surface area contributed by atoms with Gasteiger partial charge in [-0.05, 0) is 30.3 Å². The summed E-state index contributed by atoms with van der Waals surface area (Å²) < 4.78 is 0. The van der Waals surface area contributed by atoms with Gasteiger partial charge in [0, 0.05) is 16.9 Å². The lowest BCUT2D eigenvalue weighted by Crippen LogP contribution is -2.12. The summed E-state index contributed by atoms with van der Waals surface area (Å²) in [6.07, 6.45) is 1.32. The molecule has 5 N–H and O–H groups in total. The number of amides is 1. The van der Waals surface area contributed by atoms with E-state index in [1.807, 2.05) is 0 Å². The van der Waals surface area contributed by atoms with Crippen molar-refractivity contribution in [1.82, 2.24) is 10.2 Å². The number of aliphatic imine (C=N–C) groups is 1. The van der Waals surface area contributed by atoms with Crippen LogP contribution in [0.5, 0.6) is 5.75 Å². The average molecular weight is 390 g/mol. The highest BCUT2D eigenvalue weighted by Crippen LogP contribution is 2.28. The third kappa shape index (κ3) is 3.79. The first-order valence-corrected chi connectivity index (χ1v) is 8.13. The van der Waals surface area contributed by atoms with Crippen molar-refractivity contribution in [3.8, 4) is 5.75 Å². The number of nitrogens with zero attached hydrogens (tertiary/aromatic N) is 2. The summed E-state index contributed by atoms with van der Waals surface area (Å²) in [5.74, 6) is -0.436. The summed E-state index contributed by atoms with van der Waals surface area (Å²) in [6, 6.07) is 11.6. The topological polar surface area (TPSA) is 116 Å². The summed E-state index contributed by atoms with van der Waals surface area (Å²) in [7, 11) is 0. The number of carbonyl (C=O) groups excluding carboxylic acids is 1. The van der Waals surface area contributed by atoms with Crippen LogP contribution in [0.4, 0.5) is 17.3 Å². The summed E-state index contributed by atoms with van der Waals surface area (Å²) in [4.78, 5) is 16.0. The second kappa shape index (κ2) is 7.47. The van der Waals surface area contributed by atoms with Crippen LogP contribution in [0.2, 0.25) is 10.0 Å². The smallest absolute Gasteiger partial charge is 0.256 e. The van der Waals surface area contributed by atoms with Gasteiger partial charge in [0.15, 0.2) is 11.6 Å². The third-order valence-electron chi connectivity index (χ3n) is 3.43. The second-order valence-corrected chi connectivity index (χ2v) is 6.07. The number of benzene rings is 2. The predicted molar refractivity (Wildman–Crippen MR) is 102 cm³/mol. The van der Waals surface area contributed by atoms with E-state index in [9.17, 15) is 9.90 Å². The van der Waals surface area contributed by atoms with Gasteiger partial charge in [0.1, 0.15) is 11.3 Å². The van der Waals surface area contributed by atoms with Crippen LogP contribution in [-0.2, 0) is 0 Å². The summed E-state index contributed by atoms with van der Waals surface area (Å²) in [5, 5.41) is 20.3. The fourth-order valence-corrected chi connectivity index (χ4v) is 2.64. The Labute approximate surface area is 158 Å². The van der Waals surface area contributed by atoms with Gasteiger partial charge in [0.05, 0.1) is 10.6 Å². The number of aromatic hydroxyl groups is 1. The molecule has 0 saturated heterocycles. The lowest BCUT2D eigenvalue weighted by atomic mass is 10.2. The van der Waals surface area contributed by atoms with Gasteiger partial charge in [0.25, 0.3) is 5.91 Å². The second-order valence-electron chi connectivity index (χ2n) is 5.23. The van der Waals surface area contributed by atoms with Gasteiger partial charge >= 0.3 is 0 Å². The fraction of sp³-hybridized carbons (Fsp3) is 0. The Balaban J connectivity index is 1.95. The number of phenols is 1. The van der Waals surface area contributed by atoms with Crippen LogP contribution < -0.4 is 11.1 Å². The van der Waals surface area contributed by atoms with Gasteiger partial charge in [-0.1, -0.05) is 35.3 Å². The molecule has 0 bridgehead atoms. The van der Waals surface area contributed by atoms with Gasteiger partial charge < -0.3 is 16.2 Å². The highest BCUT2D eigenvalue weighted by molar-refractivity contribution is 6.33. The van der Waals surface area contributed by atoms with Crippen molar-refractivity contribution >= 4 is 52.6 Å². The number of halogens is 2. The number of primary amides is 1. The number of H-pyrrole nitrogens is 1. The molecule has 0 spiro atoms. The molecule has 0 aliphatic carbocycles. The molecule has 1 aromatic heterocycles. The maximum absolute atomic E-state index is 11.9. The standard InChI is InChI=1S/C17H13Cl2N5O2/c18-9-3-1-4-10(7-9)22-17-14(15(20)26)16(23-24-17)21-8-11-12(19)5-2-6-13(11)25/h1-8,25H,(H2,20,26)(H2,22,23,24)/b21-8+. The number of aromatic amines is 1. The Kier molecular flexibility index (Phi) is 5.11. The Hall–Kier alpha value is -3.03. The van der Waals surface area contributed by atoms with E-state index in [0.717, 1.165) is 0 Å². The van der Waals surface area contributed by atoms with E-state index in [1.165, 1.54) is 12.3 Å². The lowest BCUT2D eigenvalue weighted by Gasteiger charge is -2.05. The molecule has 0 unspecified atom stereocenters. The molecule has 0 radical (unpaired) electrons. The predicted octanol–water partition coefficient (Wildman–Crippen LogP) is 4.02. The monoisotopic (exact) mass is 389 g/mol. The number of carbonyl (C=O) groups is 1. The van der Waals surface area contributed by atoms with E-state index < -0.39 is 5.91 Å². The minimum absolute atomic E-state index is 0.0429. The van der Waals surface area contributed by atoms with E-state index in [2.05, 4.69) is 20.5 Å². The molecule has 26 heavy (non-hydrogen) atoms. The first kappa shape index (κ1) is 17.8. The molecule has 0 aliphatic rings. The zero-order chi connectivity index (χ0) is 18.7. The highest BCUT2D eigenvalue weighted by Gasteiger charge is 2.18. The lowest BCUT2D eigenvalue weighted by molar-refractivity contribution is 0.100. The fourth-order valence-electron chi connectivity index (χ4n) is 2.24. The molecule has 9 heteroatoms. The van der Waals surface area contributed by atoms with Crippen LogP contribution in [0.1, 0.15) is 15.9 Å². The van der Waals surface area contributed by atoms with Crippen molar-refractivity contribution in [2.24, 2.45) is 10.7 Å². The highest BCUT2D eigenvalue weighted by atomic mass is 35.5. The van der Waals surface area contributed by atoms with Gasteiger partial charge in [-0.3, -0.25) is 9.89 Å². The van der Waals surface area contributed by atoms with Crippen molar-refractivity contribution in [2.45, 2.75) is 0 Å². The van der Waals surface area contributed by atoms with E-state index in [4.69, 9.17) is 28.9 Å². The molecule has 0 fully saturated rings. The van der Waals surface area contributed by atoms with Crippen molar-refractivity contribution in [1.29, 1.82) is 0 Å². The van der Waals surface area contributed by atoms with Crippen LogP contribution in [0.3, 0.4) is 0 Å². The Morgan fingerprint density at radius 2 is 2.04 bits per heavy atom. The minimum atomic E-state index is -0.723. The van der Waals surface area contributed by atoms with Gasteiger partial charge in [-0.15, -0.1) is 0 Å². The summed E-state index contributed by atoms with van der Waals surface area (Å²) in [5.41, 5.74) is 6.46. The number of hydrogen-bond donors (Lipinski definition) is 4.